The Balaban J connectivity index is 1.65. The van der Waals surface area contributed by atoms with Crippen molar-refractivity contribution in [2.75, 3.05) is 5.32 Å². The van der Waals surface area contributed by atoms with Gasteiger partial charge in [-0.1, -0.05) is 6.07 Å². The van der Waals surface area contributed by atoms with Gasteiger partial charge in [0.05, 0.1) is 23.1 Å². The van der Waals surface area contributed by atoms with Gasteiger partial charge in [-0.15, -0.1) is 24.5 Å². The van der Waals surface area contributed by atoms with Crippen molar-refractivity contribution in [3.63, 3.8) is 0 Å². The molecule has 1 amide bonds. The summed E-state index contributed by atoms with van der Waals surface area (Å²) in [6.45, 7) is 0. The van der Waals surface area contributed by atoms with Crippen molar-refractivity contribution >= 4 is 39.0 Å². The largest absolute Gasteiger partial charge is 0.573 e. The quantitative estimate of drug-likeness (QED) is 0.485. The fraction of sp³-hybridized carbons (Fsp3) is 0.105. The molecule has 0 aliphatic carbocycles. The minimum atomic E-state index is -4.89. The van der Waals surface area contributed by atoms with Crippen molar-refractivity contribution in [3.05, 3.63) is 53.5 Å². The van der Waals surface area contributed by atoms with Crippen LogP contribution in [-0.4, -0.2) is 27.0 Å². The van der Waals surface area contributed by atoms with Crippen LogP contribution < -0.4 is 15.8 Å². The maximum Gasteiger partial charge on any atom is 0.573 e. The Morgan fingerprint density at radius 1 is 1.23 bits per heavy atom. The highest BCUT2D eigenvalue weighted by molar-refractivity contribution is 7.14. The Labute approximate surface area is 171 Å². The molecule has 0 radical (unpaired) electrons. The minimum absolute atomic E-state index is 0.0332. The number of hydrogen-bond donors (Lipinski definition) is 2. The van der Waals surface area contributed by atoms with Crippen LogP contribution in [0.25, 0.3) is 22.2 Å². The number of anilines is 2. The third-order valence-electron chi connectivity index (χ3n) is 4.28. The number of alkyl halides is 3. The molecule has 4 rings (SSSR count). The smallest absolute Gasteiger partial charge is 0.404 e. The second-order valence-corrected chi connectivity index (χ2v) is 7.19. The zero-order valence-corrected chi connectivity index (χ0v) is 16.2. The predicted molar refractivity (Wildman–Crippen MR) is 107 cm³/mol. The van der Waals surface area contributed by atoms with Crippen LogP contribution >= 0.6 is 11.3 Å². The molecule has 30 heavy (non-hydrogen) atoms. The zero-order valence-electron chi connectivity index (χ0n) is 15.4. The first-order valence-electron chi connectivity index (χ1n) is 8.54. The topological polar surface area (TPSA) is 95.1 Å². The number of hydrogen-bond acceptors (Lipinski definition) is 6. The van der Waals surface area contributed by atoms with Gasteiger partial charge < -0.3 is 15.8 Å². The summed E-state index contributed by atoms with van der Waals surface area (Å²) in [6, 6.07) is 9.09. The third kappa shape index (κ3) is 4.06. The second-order valence-electron chi connectivity index (χ2n) is 6.33. The van der Waals surface area contributed by atoms with E-state index in [0.29, 0.717) is 10.8 Å². The number of nitrogens with two attached hydrogens (primary N) is 1. The van der Waals surface area contributed by atoms with Crippen LogP contribution in [0.1, 0.15) is 10.4 Å². The first-order chi connectivity index (χ1) is 14.2. The molecule has 0 unspecified atom stereocenters. The van der Waals surface area contributed by atoms with Crippen LogP contribution in [0.5, 0.6) is 5.75 Å². The lowest BCUT2D eigenvalue weighted by molar-refractivity contribution is -0.274. The highest BCUT2D eigenvalue weighted by Crippen LogP contribution is 2.35. The highest BCUT2D eigenvalue weighted by Gasteiger charge is 2.32. The number of nitrogens with one attached hydrogen (secondary N) is 1. The van der Waals surface area contributed by atoms with Gasteiger partial charge in [0.1, 0.15) is 0 Å². The van der Waals surface area contributed by atoms with Crippen LogP contribution in [0.15, 0.2) is 48.0 Å². The molecule has 0 aliphatic rings. The number of aromatic nitrogens is 3. The van der Waals surface area contributed by atoms with Gasteiger partial charge in [0.25, 0.3) is 0 Å². The third-order valence-corrected chi connectivity index (χ3v) is 5.04. The average Bonchev–Trinajstić information content (AvgIpc) is 3.28. The number of rotatable bonds is 5. The molecule has 2 heterocycles. The van der Waals surface area contributed by atoms with Crippen molar-refractivity contribution in [1.29, 1.82) is 0 Å². The highest BCUT2D eigenvalue weighted by atomic mass is 32.1. The van der Waals surface area contributed by atoms with Gasteiger partial charge in [-0.3, -0.25) is 9.48 Å². The lowest BCUT2D eigenvalue weighted by atomic mass is 10.1. The van der Waals surface area contributed by atoms with Crippen molar-refractivity contribution in [2.45, 2.75) is 6.36 Å². The molecule has 0 saturated carbocycles. The summed E-state index contributed by atoms with van der Waals surface area (Å²) in [6.07, 6.45) is -3.15. The van der Waals surface area contributed by atoms with E-state index in [0.717, 1.165) is 28.6 Å². The van der Waals surface area contributed by atoms with Crippen molar-refractivity contribution in [1.82, 2.24) is 14.8 Å². The van der Waals surface area contributed by atoms with Gasteiger partial charge in [0.15, 0.2) is 10.9 Å². The molecule has 0 aliphatic heterocycles. The molecule has 0 spiro atoms. The number of fused-ring (bicyclic) bond motifs is 1. The van der Waals surface area contributed by atoms with E-state index >= 15 is 0 Å². The molecule has 4 aromatic rings. The number of primary amides is 1. The number of nitrogens with zero attached hydrogens (tertiary/aromatic N) is 3. The molecule has 11 heteroatoms. The molecule has 154 valence electrons. The number of benzene rings is 2. The summed E-state index contributed by atoms with van der Waals surface area (Å²) in [5.41, 5.74) is 7.62. The van der Waals surface area contributed by atoms with E-state index in [2.05, 4.69) is 20.1 Å². The van der Waals surface area contributed by atoms with E-state index in [9.17, 15) is 18.0 Å². The summed E-state index contributed by atoms with van der Waals surface area (Å²) in [5.74, 6) is -1.28. The lowest BCUT2D eigenvalue weighted by Crippen LogP contribution is -2.18. The Hall–Kier alpha value is -3.60. The van der Waals surface area contributed by atoms with Crippen LogP contribution in [0.3, 0.4) is 0 Å². The summed E-state index contributed by atoms with van der Waals surface area (Å²) in [7, 11) is 1.84. The average molecular weight is 433 g/mol. The van der Waals surface area contributed by atoms with E-state index < -0.39 is 18.0 Å². The van der Waals surface area contributed by atoms with E-state index in [-0.39, 0.29) is 11.3 Å². The first kappa shape index (κ1) is 19.7. The lowest BCUT2D eigenvalue weighted by Gasteiger charge is -2.14. The fourth-order valence-corrected chi connectivity index (χ4v) is 3.63. The molecule has 0 fully saturated rings. The van der Waals surface area contributed by atoms with Gasteiger partial charge in [0.2, 0.25) is 5.91 Å². The Kier molecular flexibility index (Phi) is 4.82. The van der Waals surface area contributed by atoms with Crippen molar-refractivity contribution in [2.24, 2.45) is 12.8 Å². The molecule has 0 bridgehead atoms. The normalized spacial score (nSPS) is 11.6. The zero-order chi connectivity index (χ0) is 21.5. The Morgan fingerprint density at radius 3 is 2.77 bits per heavy atom. The number of thiazole rings is 1. The fourth-order valence-electron chi connectivity index (χ4n) is 2.90. The van der Waals surface area contributed by atoms with Crippen LogP contribution in [-0.2, 0) is 7.05 Å². The van der Waals surface area contributed by atoms with Gasteiger partial charge in [-0.05, 0) is 30.3 Å². The number of carbonyl (C=O) groups excluding carboxylic acids is 1. The molecule has 0 saturated heterocycles. The maximum absolute atomic E-state index is 12.7. The second kappa shape index (κ2) is 7.34. The number of carbonyl (C=O) groups is 1. The number of aryl methyl sites for hydroxylation is 1. The van der Waals surface area contributed by atoms with Gasteiger partial charge in [0, 0.05) is 28.9 Å². The predicted octanol–water partition coefficient (Wildman–Crippen LogP) is 4.44. The van der Waals surface area contributed by atoms with Crippen molar-refractivity contribution in [3.8, 4) is 17.0 Å². The Morgan fingerprint density at radius 2 is 2.03 bits per heavy atom. The monoisotopic (exact) mass is 433 g/mol. The van der Waals surface area contributed by atoms with Crippen LogP contribution in [0.4, 0.5) is 24.0 Å². The van der Waals surface area contributed by atoms with E-state index in [1.54, 1.807) is 16.3 Å². The van der Waals surface area contributed by atoms with Crippen LogP contribution in [0.2, 0.25) is 0 Å². The summed E-state index contributed by atoms with van der Waals surface area (Å²) < 4.78 is 43.9. The standard InChI is InChI=1S/C19H14F3N5O2S/c1-27-15-4-2-10(6-12(15)8-24-27)14-9-30-18(26-14)25-13-7-11(17(23)28)3-5-16(13)29-19(20,21)22/h2-9H,1H3,(H2,23,28)(H,25,26). The maximum atomic E-state index is 12.7. The number of ether oxygens (including phenoxy) is 1. The van der Waals surface area contributed by atoms with Crippen molar-refractivity contribution < 1.29 is 22.7 Å². The molecule has 0 atom stereocenters. The molecule has 2 aromatic carbocycles. The summed E-state index contributed by atoms with van der Waals surface area (Å²) in [5, 5.41) is 10.0. The molecule has 2 aromatic heterocycles. The van der Waals surface area contributed by atoms with Gasteiger partial charge in [-0.2, -0.15) is 5.10 Å². The van der Waals surface area contributed by atoms with Crippen LogP contribution in [0, 0.1) is 0 Å². The Bertz CT molecular complexity index is 1250. The summed E-state index contributed by atoms with van der Waals surface area (Å²) >= 11 is 1.19. The van der Waals surface area contributed by atoms with E-state index in [1.165, 1.54) is 17.4 Å². The molecular weight excluding hydrogens is 419 g/mol. The molecular formula is C19H14F3N5O2S. The van der Waals surface area contributed by atoms with E-state index in [4.69, 9.17) is 5.73 Å². The first-order valence-corrected chi connectivity index (χ1v) is 9.42. The SMILES string of the molecule is Cn1ncc2cc(-c3csc(Nc4cc(C(N)=O)ccc4OC(F)(F)F)n3)ccc21. The van der Waals surface area contributed by atoms with Gasteiger partial charge in [-0.25, -0.2) is 4.98 Å². The van der Waals surface area contributed by atoms with Gasteiger partial charge >= 0.3 is 6.36 Å². The molecule has 3 N–H and O–H groups in total. The molecule has 7 nitrogen and oxygen atoms in total. The van der Waals surface area contributed by atoms with E-state index in [1.807, 2.05) is 25.2 Å². The number of amides is 1. The minimum Gasteiger partial charge on any atom is -0.404 e. The summed E-state index contributed by atoms with van der Waals surface area (Å²) in [4.78, 5) is 15.8. The number of halogens is 3.